The minimum Gasteiger partial charge on any atom is -0.378 e. The van der Waals surface area contributed by atoms with Crippen molar-refractivity contribution in [1.82, 2.24) is 14.4 Å². The minimum atomic E-state index is -0.124. The van der Waals surface area contributed by atoms with E-state index in [1.54, 1.807) is 0 Å². The molecule has 0 bridgehead atoms. The van der Waals surface area contributed by atoms with Crippen LogP contribution >= 0.6 is 11.6 Å². The van der Waals surface area contributed by atoms with Crippen LogP contribution in [0.15, 0.2) is 30.3 Å². The van der Waals surface area contributed by atoms with Crippen molar-refractivity contribution >= 4 is 23.4 Å². The molecule has 30 heavy (non-hydrogen) atoms. The summed E-state index contributed by atoms with van der Waals surface area (Å²) in [5.41, 5.74) is 3.58. The molecule has 0 radical (unpaired) electrons. The Hall–Kier alpha value is -2.31. The van der Waals surface area contributed by atoms with E-state index in [0.29, 0.717) is 50.0 Å². The van der Waals surface area contributed by atoms with Crippen molar-refractivity contribution in [2.45, 2.75) is 26.7 Å². The molecule has 160 valence electrons. The van der Waals surface area contributed by atoms with E-state index in [4.69, 9.17) is 16.3 Å². The molecule has 4 rings (SSSR count). The van der Waals surface area contributed by atoms with Crippen LogP contribution < -0.4 is 0 Å². The van der Waals surface area contributed by atoms with E-state index in [-0.39, 0.29) is 17.7 Å². The van der Waals surface area contributed by atoms with Gasteiger partial charge in [0.1, 0.15) is 0 Å². The van der Waals surface area contributed by atoms with E-state index in [9.17, 15) is 9.59 Å². The van der Waals surface area contributed by atoms with E-state index in [0.717, 1.165) is 29.9 Å². The molecule has 3 heterocycles. The number of aryl methyl sites for hydroxylation is 1. The number of hydrogen-bond donors (Lipinski definition) is 0. The Balaban J connectivity index is 1.52. The molecule has 1 aromatic carbocycles. The summed E-state index contributed by atoms with van der Waals surface area (Å²) in [6, 6.07) is 9.55. The normalized spacial score (nSPS) is 19.8. The highest BCUT2D eigenvalue weighted by molar-refractivity contribution is 6.30. The number of piperidine rings is 1. The first-order valence-electron chi connectivity index (χ1n) is 10.6. The van der Waals surface area contributed by atoms with Gasteiger partial charge < -0.3 is 19.1 Å². The van der Waals surface area contributed by atoms with E-state index in [1.165, 1.54) is 0 Å². The van der Waals surface area contributed by atoms with Gasteiger partial charge in [0.25, 0.3) is 5.91 Å². The Morgan fingerprint density at radius 1 is 1.03 bits per heavy atom. The van der Waals surface area contributed by atoms with Gasteiger partial charge in [0.2, 0.25) is 5.91 Å². The molecule has 2 aliphatic heterocycles. The predicted octanol–water partition coefficient (Wildman–Crippen LogP) is 3.46. The van der Waals surface area contributed by atoms with Gasteiger partial charge in [-0.1, -0.05) is 11.6 Å². The zero-order chi connectivity index (χ0) is 21.3. The van der Waals surface area contributed by atoms with Crippen LogP contribution in [0.5, 0.6) is 0 Å². The third-order valence-corrected chi connectivity index (χ3v) is 6.38. The lowest BCUT2D eigenvalue weighted by molar-refractivity contribution is -0.141. The number of carbonyl (C=O) groups is 2. The topological polar surface area (TPSA) is 54.8 Å². The van der Waals surface area contributed by atoms with Crippen molar-refractivity contribution in [3.05, 3.63) is 52.3 Å². The van der Waals surface area contributed by atoms with Gasteiger partial charge in [-0.05, 0) is 57.0 Å². The smallest absolute Gasteiger partial charge is 0.255 e. The number of amides is 2. The highest BCUT2D eigenvalue weighted by Crippen LogP contribution is 2.26. The molecule has 2 aromatic rings. The van der Waals surface area contributed by atoms with E-state index < -0.39 is 0 Å². The monoisotopic (exact) mass is 429 g/mol. The van der Waals surface area contributed by atoms with Crippen LogP contribution in [-0.4, -0.2) is 65.6 Å². The Labute approximate surface area is 182 Å². The summed E-state index contributed by atoms with van der Waals surface area (Å²) in [7, 11) is 0. The number of rotatable bonds is 3. The SMILES string of the molecule is Cc1cc(C(=O)N2CCC[C@@H](C(=O)N3CCOCC3)C2)c(C)n1-c1ccc(Cl)cc1. The molecule has 1 atom stereocenters. The van der Waals surface area contributed by atoms with Crippen LogP contribution in [0.4, 0.5) is 0 Å². The summed E-state index contributed by atoms with van der Waals surface area (Å²) >= 11 is 6.02. The van der Waals surface area contributed by atoms with Gasteiger partial charge in [0.15, 0.2) is 0 Å². The van der Waals surface area contributed by atoms with Crippen molar-refractivity contribution in [2.24, 2.45) is 5.92 Å². The third-order valence-electron chi connectivity index (χ3n) is 6.13. The summed E-state index contributed by atoms with van der Waals surface area (Å²) in [5, 5.41) is 0.682. The maximum absolute atomic E-state index is 13.4. The number of nitrogens with zero attached hydrogens (tertiary/aromatic N) is 3. The minimum absolute atomic E-state index is 0.00258. The van der Waals surface area contributed by atoms with E-state index >= 15 is 0 Å². The van der Waals surface area contributed by atoms with Crippen molar-refractivity contribution in [2.75, 3.05) is 39.4 Å². The second kappa shape index (κ2) is 8.82. The number of carbonyl (C=O) groups excluding carboxylic acids is 2. The summed E-state index contributed by atoms with van der Waals surface area (Å²) in [4.78, 5) is 30.0. The van der Waals surface area contributed by atoms with Crippen molar-refractivity contribution in [1.29, 1.82) is 0 Å². The average Bonchev–Trinajstić information content (AvgIpc) is 3.08. The Bertz CT molecular complexity index is 932. The van der Waals surface area contributed by atoms with Gasteiger partial charge in [-0.25, -0.2) is 0 Å². The first-order valence-corrected chi connectivity index (χ1v) is 10.9. The van der Waals surface area contributed by atoms with Gasteiger partial charge in [-0.15, -0.1) is 0 Å². The highest BCUT2D eigenvalue weighted by Gasteiger charge is 2.33. The fourth-order valence-corrected chi connectivity index (χ4v) is 4.67. The second-order valence-corrected chi connectivity index (χ2v) is 8.56. The number of morpholine rings is 1. The van der Waals surface area contributed by atoms with E-state index in [1.807, 2.05) is 54.0 Å². The molecule has 0 unspecified atom stereocenters. The molecule has 2 saturated heterocycles. The van der Waals surface area contributed by atoms with Crippen LogP contribution in [0.25, 0.3) is 5.69 Å². The van der Waals surface area contributed by atoms with Crippen molar-refractivity contribution < 1.29 is 14.3 Å². The second-order valence-electron chi connectivity index (χ2n) is 8.12. The van der Waals surface area contributed by atoms with Gasteiger partial charge in [0, 0.05) is 48.3 Å². The number of likely N-dealkylation sites (tertiary alicyclic amines) is 1. The molecule has 0 aliphatic carbocycles. The van der Waals surface area contributed by atoms with Gasteiger partial charge in [-0.3, -0.25) is 9.59 Å². The lowest BCUT2D eigenvalue weighted by atomic mass is 9.95. The number of aromatic nitrogens is 1. The predicted molar refractivity (Wildman–Crippen MR) is 116 cm³/mol. The largest absolute Gasteiger partial charge is 0.378 e. The third kappa shape index (κ3) is 4.12. The molecular formula is C23H28ClN3O3. The standard InChI is InChI=1S/C23H28ClN3O3/c1-16-14-21(17(2)27(16)20-7-5-19(24)6-8-20)23(29)26-9-3-4-18(15-26)22(28)25-10-12-30-13-11-25/h5-8,14,18H,3-4,9-13,15H2,1-2H3/t18-/m1/s1. The van der Waals surface area contributed by atoms with Crippen molar-refractivity contribution in [3.63, 3.8) is 0 Å². The fourth-order valence-electron chi connectivity index (χ4n) is 4.54. The zero-order valence-electron chi connectivity index (χ0n) is 17.6. The molecule has 2 fully saturated rings. The van der Waals surface area contributed by atoms with Crippen LogP contribution in [0.3, 0.4) is 0 Å². The number of benzene rings is 1. The zero-order valence-corrected chi connectivity index (χ0v) is 18.3. The molecule has 2 aliphatic rings. The molecule has 0 spiro atoms. The maximum atomic E-state index is 13.4. The lowest BCUT2D eigenvalue weighted by Gasteiger charge is -2.36. The van der Waals surface area contributed by atoms with E-state index in [2.05, 4.69) is 4.57 Å². The van der Waals surface area contributed by atoms with Crippen LogP contribution in [0, 0.1) is 19.8 Å². The van der Waals surface area contributed by atoms with Crippen LogP contribution in [0.2, 0.25) is 5.02 Å². The summed E-state index contributed by atoms with van der Waals surface area (Å²) in [6.45, 7) is 7.62. The maximum Gasteiger partial charge on any atom is 0.255 e. The van der Waals surface area contributed by atoms with Crippen LogP contribution in [0.1, 0.15) is 34.6 Å². The highest BCUT2D eigenvalue weighted by atomic mass is 35.5. The summed E-state index contributed by atoms with van der Waals surface area (Å²) in [5.74, 6) is 0.0331. The molecule has 2 amide bonds. The molecule has 7 heteroatoms. The summed E-state index contributed by atoms with van der Waals surface area (Å²) in [6.07, 6.45) is 1.69. The van der Waals surface area contributed by atoms with Gasteiger partial charge in [-0.2, -0.15) is 0 Å². The first-order chi connectivity index (χ1) is 14.5. The van der Waals surface area contributed by atoms with Crippen molar-refractivity contribution in [3.8, 4) is 5.69 Å². The lowest BCUT2D eigenvalue weighted by Crippen LogP contribution is -2.49. The van der Waals surface area contributed by atoms with Gasteiger partial charge in [0.05, 0.1) is 24.7 Å². The molecular weight excluding hydrogens is 402 g/mol. The quantitative estimate of drug-likeness (QED) is 0.750. The number of halogens is 1. The Morgan fingerprint density at radius 3 is 2.43 bits per heavy atom. The number of ether oxygens (including phenoxy) is 1. The van der Waals surface area contributed by atoms with Gasteiger partial charge >= 0.3 is 0 Å². The summed E-state index contributed by atoms with van der Waals surface area (Å²) < 4.78 is 7.43. The Morgan fingerprint density at radius 2 is 1.73 bits per heavy atom. The molecule has 0 N–H and O–H groups in total. The number of hydrogen-bond acceptors (Lipinski definition) is 3. The first kappa shape index (κ1) is 20.9. The Kier molecular flexibility index (Phi) is 6.16. The molecule has 0 saturated carbocycles. The average molecular weight is 430 g/mol. The molecule has 1 aromatic heterocycles. The fraction of sp³-hybridized carbons (Fsp3) is 0.478. The molecule has 6 nitrogen and oxygen atoms in total. The van der Waals surface area contributed by atoms with Crippen LogP contribution in [-0.2, 0) is 9.53 Å².